The molecule has 2 aromatic rings. The van der Waals surface area contributed by atoms with Crippen LogP contribution in [0.15, 0.2) is 48.5 Å². The Bertz CT molecular complexity index is 659. The van der Waals surface area contributed by atoms with Crippen LogP contribution in [-0.4, -0.2) is 26.5 Å². The molecule has 23 heavy (non-hydrogen) atoms. The molecule has 2 heterocycles. The summed E-state index contributed by atoms with van der Waals surface area (Å²) in [4.78, 5) is 0. The molecule has 1 N–H and O–H groups in total. The quantitative estimate of drug-likeness (QED) is 0.941. The van der Waals surface area contributed by atoms with Crippen LogP contribution in [0.3, 0.4) is 0 Å². The Kier molecular flexibility index (Phi) is 4.07. The molecule has 4 nitrogen and oxygen atoms in total. The van der Waals surface area contributed by atoms with Crippen LogP contribution in [0, 0.1) is 5.92 Å². The zero-order chi connectivity index (χ0) is 15.5. The molecule has 0 radical (unpaired) electrons. The summed E-state index contributed by atoms with van der Waals surface area (Å²) in [6.07, 6.45) is 1.15. The molecule has 2 aliphatic rings. The van der Waals surface area contributed by atoms with E-state index >= 15 is 0 Å². The standard InChI is InChI=1S/C19H21NO3/c1-2-4-14(5-3-1)17-8-9-20-11-15(17)12-21-16-6-7-18-19(10-16)23-13-22-18/h1-7,10,15,17,20H,8-9,11-13H2/t15-,17-/m0/s1. The van der Waals surface area contributed by atoms with E-state index < -0.39 is 0 Å². The Morgan fingerprint density at radius 1 is 1.04 bits per heavy atom. The smallest absolute Gasteiger partial charge is 0.231 e. The van der Waals surface area contributed by atoms with Crippen LogP contribution >= 0.6 is 0 Å². The molecule has 0 amide bonds. The summed E-state index contributed by atoms with van der Waals surface area (Å²) in [7, 11) is 0. The van der Waals surface area contributed by atoms with Gasteiger partial charge in [-0.05, 0) is 36.6 Å². The van der Waals surface area contributed by atoms with Gasteiger partial charge in [0.05, 0.1) is 6.61 Å². The van der Waals surface area contributed by atoms with Gasteiger partial charge < -0.3 is 19.5 Å². The van der Waals surface area contributed by atoms with Crippen LogP contribution in [0.25, 0.3) is 0 Å². The van der Waals surface area contributed by atoms with Crippen LogP contribution in [0.5, 0.6) is 17.2 Å². The summed E-state index contributed by atoms with van der Waals surface area (Å²) < 4.78 is 16.8. The first kappa shape index (κ1) is 14.4. The van der Waals surface area contributed by atoms with Gasteiger partial charge in [0.15, 0.2) is 11.5 Å². The van der Waals surface area contributed by atoms with Gasteiger partial charge in [-0.3, -0.25) is 0 Å². The van der Waals surface area contributed by atoms with E-state index in [0.717, 1.165) is 36.8 Å². The molecule has 0 aliphatic carbocycles. The zero-order valence-electron chi connectivity index (χ0n) is 13.0. The topological polar surface area (TPSA) is 39.7 Å². The highest BCUT2D eigenvalue weighted by molar-refractivity contribution is 5.46. The molecule has 1 fully saturated rings. The van der Waals surface area contributed by atoms with Crippen molar-refractivity contribution in [3.05, 3.63) is 54.1 Å². The second-order valence-electron chi connectivity index (χ2n) is 6.10. The van der Waals surface area contributed by atoms with Gasteiger partial charge in [0.1, 0.15) is 5.75 Å². The average molecular weight is 311 g/mol. The van der Waals surface area contributed by atoms with E-state index in [1.165, 1.54) is 5.56 Å². The van der Waals surface area contributed by atoms with Gasteiger partial charge in [-0.1, -0.05) is 30.3 Å². The number of benzene rings is 2. The van der Waals surface area contributed by atoms with Crippen LogP contribution in [0.4, 0.5) is 0 Å². The van der Waals surface area contributed by atoms with Crippen molar-refractivity contribution < 1.29 is 14.2 Å². The number of fused-ring (bicyclic) bond motifs is 1. The fourth-order valence-electron chi connectivity index (χ4n) is 3.41. The summed E-state index contributed by atoms with van der Waals surface area (Å²) in [5.41, 5.74) is 1.41. The van der Waals surface area contributed by atoms with Crippen molar-refractivity contribution in [3.63, 3.8) is 0 Å². The van der Waals surface area contributed by atoms with Crippen molar-refractivity contribution in [1.82, 2.24) is 5.32 Å². The van der Waals surface area contributed by atoms with Crippen molar-refractivity contribution in [1.29, 1.82) is 0 Å². The van der Waals surface area contributed by atoms with E-state index in [0.29, 0.717) is 25.2 Å². The van der Waals surface area contributed by atoms with Crippen molar-refractivity contribution in [3.8, 4) is 17.2 Å². The van der Waals surface area contributed by atoms with Crippen LogP contribution in [-0.2, 0) is 0 Å². The van der Waals surface area contributed by atoms with Gasteiger partial charge in [0.2, 0.25) is 6.79 Å². The van der Waals surface area contributed by atoms with Gasteiger partial charge in [0, 0.05) is 18.5 Å². The number of nitrogens with one attached hydrogen (secondary N) is 1. The lowest BCUT2D eigenvalue weighted by Crippen LogP contribution is -2.38. The van der Waals surface area contributed by atoms with Gasteiger partial charge in [-0.2, -0.15) is 0 Å². The minimum Gasteiger partial charge on any atom is -0.493 e. The van der Waals surface area contributed by atoms with E-state index in [-0.39, 0.29) is 0 Å². The minimum absolute atomic E-state index is 0.293. The van der Waals surface area contributed by atoms with Crippen molar-refractivity contribution in [2.24, 2.45) is 5.92 Å². The van der Waals surface area contributed by atoms with Gasteiger partial charge in [0.25, 0.3) is 0 Å². The van der Waals surface area contributed by atoms with Crippen molar-refractivity contribution in [2.75, 3.05) is 26.5 Å². The maximum atomic E-state index is 6.05. The molecule has 120 valence electrons. The molecular formula is C19H21NO3. The second-order valence-corrected chi connectivity index (χ2v) is 6.10. The molecule has 0 saturated carbocycles. The zero-order valence-corrected chi connectivity index (χ0v) is 13.0. The molecule has 0 unspecified atom stereocenters. The molecule has 2 atom stereocenters. The summed E-state index contributed by atoms with van der Waals surface area (Å²) >= 11 is 0. The number of hydrogen-bond acceptors (Lipinski definition) is 4. The Balaban J connectivity index is 1.44. The lowest BCUT2D eigenvalue weighted by molar-refractivity contribution is 0.173. The highest BCUT2D eigenvalue weighted by atomic mass is 16.7. The van der Waals surface area contributed by atoms with Gasteiger partial charge in [-0.15, -0.1) is 0 Å². The third kappa shape index (κ3) is 3.13. The Morgan fingerprint density at radius 3 is 2.83 bits per heavy atom. The van der Waals surface area contributed by atoms with E-state index in [9.17, 15) is 0 Å². The molecule has 0 bridgehead atoms. The van der Waals surface area contributed by atoms with Gasteiger partial charge in [-0.25, -0.2) is 0 Å². The lowest BCUT2D eigenvalue weighted by Gasteiger charge is -2.32. The van der Waals surface area contributed by atoms with Crippen molar-refractivity contribution >= 4 is 0 Å². The predicted molar refractivity (Wildman–Crippen MR) is 88.2 cm³/mol. The second kappa shape index (κ2) is 6.50. The summed E-state index contributed by atoms with van der Waals surface area (Å²) in [5, 5.41) is 3.49. The molecule has 4 heteroatoms. The largest absolute Gasteiger partial charge is 0.493 e. The van der Waals surface area contributed by atoms with Crippen LogP contribution < -0.4 is 19.5 Å². The first-order chi connectivity index (χ1) is 11.4. The predicted octanol–water partition coefficient (Wildman–Crippen LogP) is 3.19. The molecule has 4 rings (SSSR count). The number of hydrogen-bond donors (Lipinski definition) is 1. The summed E-state index contributed by atoms with van der Waals surface area (Å²) in [5.74, 6) is 3.41. The Morgan fingerprint density at radius 2 is 1.91 bits per heavy atom. The number of piperidine rings is 1. The molecule has 0 spiro atoms. The number of rotatable bonds is 4. The number of ether oxygens (including phenoxy) is 3. The monoisotopic (exact) mass is 311 g/mol. The van der Waals surface area contributed by atoms with E-state index in [1.54, 1.807) is 0 Å². The van der Waals surface area contributed by atoms with Gasteiger partial charge >= 0.3 is 0 Å². The van der Waals surface area contributed by atoms with E-state index in [4.69, 9.17) is 14.2 Å². The first-order valence-electron chi connectivity index (χ1n) is 8.18. The lowest BCUT2D eigenvalue weighted by atomic mass is 9.81. The molecule has 2 aromatic carbocycles. The SMILES string of the molecule is c1ccc([C@@H]2CCNC[C@H]2COc2ccc3c(c2)OCO3)cc1. The van der Waals surface area contributed by atoms with Crippen molar-refractivity contribution in [2.45, 2.75) is 12.3 Å². The van der Waals surface area contributed by atoms with Crippen LogP contribution in [0.2, 0.25) is 0 Å². The van der Waals surface area contributed by atoms with Crippen LogP contribution in [0.1, 0.15) is 17.9 Å². The average Bonchev–Trinajstić information content (AvgIpc) is 3.09. The fraction of sp³-hybridized carbons (Fsp3) is 0.368. The highest BCUT2D eigenvalue weighted by Gasteiger charge is 2.27. The molecule has 2 aliphatic heterocycles. The molecule has 0 aromatic heterocycles. The minimum atomic E-state index is 0.293. The highest BCUT2D eigenvalue weighted by Crippen LogP contribution is 2.36. The summed E-state index contributed by atoms with van der Waals surface area (Å²) in [6, 6.07) is 16.5. The maximum Gasteiger partial charge on any atom is 0.231 e. The fourth-order valence-corrected chi connectivity index (χ4v) is 3.41. The Hall–Kier alpha value is -2.20. The Labute approximate surface area is 136 Å². The third-order valence-electron chi connectivity index (χ3n) is 4.64. The summed E-state index contributed by atoms with van der Waals surface area (Å²) in [6.45, 7) is 3.05. The maximum absolute atomic E-state index is 6.05. The molecular weight excluding hydrogens is 290 g/mol. The normalized spacial score (nSPS) is 22.8. The van der Waals surface area contributed by atoms with E-state index in [1.807, 2.05) is 18.2 Å². The third-order valence-corrected chi connectivity index (χ3v) is 4.64. The molecule has 1 saturated heterocycles. The first-order valence-corrected chi connectivity index (χ1v) is 8.18. The van der Waals surface area contributed by atoms with E-state index in [2.05, 4.69) is 35.6 Å².